The van der Waals surface area contributed by atoms with E-state index in [1.807, 2.05) is 0 Å². The van der Waals surface area contributed by atoms with Gasteiger partial charge in [-0.05, 0) is 0 Å². The van der Waals surface area contributed by atoms with Gasteiger partial charge in [0.1, 0.15) is 0 Å². The van der Waals surface area contributed by atoms with Crippen LogP contribution in [0.1, 0.15) is 57.1 Å². The molecule has 4 atom stereocenters. The molecule has 3 fully saturated rings. The molecule has 26 heavy (non-hydrogen) atoms. The molecule has 3 rings (SSSR count). The van der Waals surface area contributed by atoms with Crippen molar-refractivity contribution in [2.45, 2.75) is 75.5 Å². The fourth-order valence-electron chi connectivity index (χ4n) is 4.18. The van der Waals surface area contributed by atoms with Crippen molar-refractivity contribution < 1.29 is 18.8 Å². The Morgan fingerprint density at radius 3 is 1.12 bits per heavy atom. The van der Waals surface area contributed by atoms with Crippen LogP contribution in [0.15, 0.2) is 0 Å². The van der Waals surface area contributed by atoms with Crippen molar-refractivity contribution in [1.82, 2.24) is 0 Å². The van der Waals surface area contributed by atoms with Gasteiger partial charge in [-0.2, -0.15) is 63.4 Å². The van der Waals surface area contributed by atoms with E-state index in [4.69, 9.17) is 41.5 Å². The van der Waals surface area contributed by atoms with E-state index in [1.165, 1.54) is 51.4 Å². The van der Waals surface area contributed by atoms with Gasteiger partial charge < -0.3 is 26.6 Å². The molecule has 0 N–H and O–H groups in total. The molecule has 8 heteroatoms. The van der Waals surface area contributed by atoms with Gasteiger partial charge in [0.05, 0.1) is 0 Å². The molecule has 0 radical (unpaired) electrons. The number of fused-ring (bicyclic) bond motifs is 2. The third-order valence-electron chi connectivity index (χ3n) is 5.46. The molecule has 1 heterocycles. The Balaban J connectivity index is -0.000000984. The summed E-state index contributed by atoms with van der Waals surface area (Å²) in [6.45, 7) is 5.21. The van der Waals surface area contributed by atoms with Crippen LogP contribution in [-0.4, -0.2) is 63.4 Å². The summed E-state index contributed by atoms with van der Waals surface area (Å²) >= 11 is 0.00694. The summed E-state index contributed by atoms with van der Waals surface area (Å²) in [5, 5.41) is 24.3. The Kier molecular flexibility index (Phi) is 13.2. The van der Waals surface area contributed by atoms with E-state index in [9.17, 15) is 0 Å². The van der Waals surface area contributed by atoms with Gasteiger partial charge in [-0.3, -0.25) is 0 Å². The Hall–Kier alpha value is 0.899. The van der Waals surface area contributed by atoms with Crippen LogP contribution in [0.5, 0.6) is 0 Å². The first kappa shape index (κ1) is 23.2. The van der Waals surface area contributed by atoms with Crippen LogP contribution in [0, 0.1) is 0 Å². The number of hydrogen-bond acceptors (Lipinski definition) is 0. The maximum atomic E-state index is 4.95. The minimum absolute atomic E-state index is 0. The van der Waals surface area contributed by atoms with Crippen molar-refractivity contribution in [2.24, 2.45) is 0 Å². The van der Waals surface area contributed by atoms with Crippen molar-refractivity contribution in [3.8, 4) is 0 Å². The summed E-state index contributed by atoms with van der Waals surface area (Å²) in [5.41, 5.74) is 0. The van der Waals surface area contributed by atoms with Gasteiger partial charge in [-0.25, -0.2) is 0 Å². The molecule has 0 aromatic heterocycles. The number of nitrogens with zero attached hydrogens (tertiary/aromatic N) is 5. The van der Waals surface area contributed by atoms with Crippen LogP contribution >= 0.6 is 20.2 Å². The van der Waals surface area contributed by atoms with E-state index in [0.29, 0.717) is 24.2 Å². The molecule has 1 saturated heterocycles. The van der Waals surface area contributed by atoms with Gasteiger partial charge in [0.2, 0.25) is 0 Å². The molecule has 2 aliphatic carbocycles. The molecule has 0 aromatic rings. The summed E-state index contributed by atoms with van der Waals surface area (Å²) in [7, 11) is 9.59. The van der Waals surface area contributed by atoms with Crippen LogP contribution in [0.3, 0.4) is 0 Å². The van der Waals surface area contributed by atoms with Gasteiger partial charge in [-0.1, -0.05) is 51.4 Å². The molecule has 0 aromatic carbocycles. The maximum Gasteiger partial charge on any atom is 0 e. The van der Waals surface area contributed by atoms with Gasteiger partial charge in [0, 0.05) is 5.71 Å². The van der Waals surface area contributed by atoms with E-state index in [0.717, 1.165) is 39.3 Å². The molecular formula is C18H40Cl2MnN5-5. The quantitative estimate of drug-likeness (QED) is 0.361. The summed E-state index contributed by atoms with van der Waals surface area (Å²) in [6, 6.07) is 1.76. The Bertz CT molecular complexity index is 341. The van der Waals surface area contributed by atoms with Gasteiger partial charge in [0.15, 0.2) is 0 Å². The molecule has 1 aliphatic heterocycles. The second-order valence-electron chi connectivity index (χ2n) is 7.19. The predicted octanol–water partition coefficient (Wildman–Crippen LogP) is 6.85. The minimum atomic E-state index is 0. The molecule has 0 spiro atoms. The molecule has 0 amide bonds. The Labute approximate surface area is 180 Å². The average molecular weight is 452 g/mol. The number of halogens is 2. The summed E-state index contributed by atoms with van der Waals surface area (Å²) in [4.78, 5) is 0. The standard InChI is InChI=1S/C18H32N5.2ClH.Mn.4H2/c1-3-7-17-15(5-1)20-11-9-19-10-12-21-16-6-2-4-8-18(16)23-14-13-22-17;;;;;;;/h15-18H,1-14H2;2*1H;;4*1H/q-5;;;+2;;;;/p-2. The third-order valence-corrected chi connectivity index (χ3v) is 5.46. The smallest absolute Gasteiger partial charge is 0 e. The predicted molar refractivity (Wildman–Crippen MR) is 118 cm³/mol. The summed E-state index contributed by atoms with van der Waals surface area (Å²) < 4.78 is 0. The van der Waals surface area contributed by atoms with Crippen LogP contribution < -0.4 is 0 Å². The molecule has 163 valence electrons. The van der Waals surface area contributed by atoms with Crippen molar-refractivity contribution in [1.29, 1.82) is 0 Å². The second kappa shape index (κ2) is 14.8. The average Bonchev–Trinajstić information content (AvgIpc) is 2.67. The molecule has 0 bridgehead atoms. The fraction of sp³-hybridized carbons (Fsp3) is 1.00. The molecule has 4 unspecified atom stereocenters. The zero-order chi connectivity index (χ0) is 18.5. The summed E-state index contributed by atoms with van der Waals surface area (Å²) in [5.74, 6) is 0. The number of hydrogen-bond donors (Lipinski definition) is 0. The first-order chi connectivity index (χ1) is 12.8. The van der Waals surface area contributed by atoms with Crippen molar-refractivity contribution in [3.05, 3.63) is 26.6 Å². The van der Waals surface area contributed by atoms with Gasteiger partial charge >= 0.3 is 33.3 Å². The Morgan fingerprint density at radius 2 is 0.808 bits per heavy atom. The fourth-order valence-corrected chi connectivity index (χ4v) is 4.18. The van der Waals surface area contributed by atoms with E-state index < -0.39 is 0 Å². The van der Waals surface area contributed by atoms with Crippen LogP contribution in [0.25, 0.3) is 26.6 Å². The molecule has 3 aliphatic rings. The van der Waals surface area contributed by atoms with E-state index in [2.05, 4.69) is 5.32 Å². The second-order valence-corrected chi connectivity index (χ2v) is 9.14. The van der Waals surface area contributed by atoms with Gasteiger partial charge in [-0.15, -0.1) is 0 Å². The molecule has 5 nitrogen and oxygen atoms in total. The van der Waals surface area contributed by atoms with Gasteiger partial charge in [0.25, 0.3) is 0 Å². The molecule has 2 saturated carbocycles. The molecular weight excluding hydrogens is 412 g/mol. The zero-order valence-corrected chi connectivity index (χ0v) is 18.3. The third kappa shape index (κ3) is 8.93. The minimum Gasteiger partial charge on any atom is 0 e. The zero-order valence-electron chi connectivity index (χ0n) is 15.6. The monoisotopic (exact) mass is 451 g/mol. The van der Waals surface area contributed by atoms with Crippen LogP contribution in [0.4, 0.5) is 0 Å². The number of rotatable bonds is 0. The summed E-state index contributed by atoms with van der Waals surface area (Å²) in [6.07, 6.45) is 10.1. The van der Waals surface area contributed by atoms with E-state index >= 15 is 0 Å². The first-order valence-electron chi connectivity index (χ1n) is 10.0. The van der Waals surface area contributed by atoms with Crippen molar-refractivity contribution in [2.75, 3.05) is 39.3 Å². The van der Waals surface area contributed by atoms with Crippen molar-refractivity contribution in [3.63, 3.8) is 0 Å². The van der Waals surface area contributed by atoms with E-state index in [1.54, 1.807) is 0 Å². The first-order valence-corrected chi connectivity index (χ1v) is 13.3. The normalized spacial score (nSPS) is 34.8. The van der Waals surface area contributed by atoms with Crippen LogP contribution in [-0.2, 0) is 13.1 Å². The van der Waals surface area contributed by atoms with E-state index in [-0.39, 0.29) is 18.8 Å². The van der Waals surface area contributed by atoms with Crippen molar-refractivity contribution >= 4 is 20.2 Å². The van der Waals surface area contributed by atoms with Crippen LogP contribution in [0.2, 0.25) is 0 Å². The maximum absolute atomic E-state index is 4.95. The SMILES string of the molecule is C1CCC2[N-]CC[N-]C3CCCCC3[N-]CC[N-]CC[N-]C2C1.[Cl][Mn][Cl].[HH].[HH].[HH].[HH]. The Morgan fingerprint density at radius 1 is 0.538 bits per heavy atom. The largest absolute Gasteiger partial charge is 0 e. The topological polar surface area (TPSA) is 70.5 Å².